The van der Waals surface area contributed by atoms with Crippen molar-refractivity contribution < 1.29 is 37.5 Å². The van der Waals surface area contributed by atoms with E-state index in [2.05, 4.69) is 35.4 Å². The molecule has 2 aromatic heterocycles. The highest BCUT2D eigenvalue weighted by Crippen LogP contribution is 2.41. The van der Waals surface area contributed by atoms with Crippen LogP contribution in [0.4, 0.5) is 18.3 Å². The van der Waals surface area contributed by atoms with Gasteiger partial charge in [-0.1, -0.05) is 23.0 Å². The van der Waals surface area contributed by atoms with E-state index in [4.69, 9.17) is 10.6 Å². The standard InChI is InChI=1S/C21H17F3N10O5S3/c1-33-20(28-31-32-33)41-7-8-6-40-17-12(16(36)34(17)13(8)18(37)38)26-15(35)11(14-27-19(25)42-30-14)29-39-10-4-2-3-9(5-10)21(22,23)24/h2-5,12,17H,6-7H2,1H3,(H,26,35)(H,37,38)(H2,25,27,30)/b29-11+. The Bertz CT molecular complexity index is 1620. The molecule has 4 heterocycles. The summed E-state index contributed by atoms with van der Waals surface area (Å²) < 4.78 is 44.5. The first-order valence-electron chi connectivity index (χ1n) is 11.5. The molecule has 3 aromatic rings. The number of oxime groups is 1. The summed E-state index contributed by atoms with van der Waals surface area (Å²) in [5.41, 5.74) is 4.32. The number of halogens is 3. The molecule has 0 radical (unpaired) electrons. The van der Waals surface area contributed by atoms with Gasteiger partial charge in [-0.05, 0) is 34.2 Å². The Morgan fingerprint density at radius 1 is 1.36 bits per heavy atom. The molecule has 0 aliphatic carbocycles. The molecular formula is C21H17F3N10O5S3. The molecule has 0 saturated carbocycles. The number of carbonyl (C=O) groups is 3. The number of nitrogens with two attached hydrogens (primary N) is 1. The van der Waals surface area contributed by atoms with Crippen molar-refractivity contribution in [2.24, 2.45) is 12.2 Å². The summed E-state index contributed by atoms with van der Waals surface area (Å²) in [6.45, 7) is 0. The number of amides is 2. The van der Waals surface area contributed by atoms with Crippen LogP contribution in [0, 0.1) is 0 Å². The number of β-lactam (4-membered cyclic amide) rings is 1. The van der Waals surface area contributed by atoms with Crippen LogP contribution >= 0.6 is 35.1 Å². The summed E-state index contributed by atoms with van der Waals surface area (Å²) in [5, 5.41) is 26.8. The van der Waals surface area contributed by atoms with E-state index in [1.54, 1.807) is 7.05 Å². The SMILES string of the molecule is Cn1nnnc1SCC1=C(C(=O)O)N2C(=O)C(NC(=O)/C(=N/Oc3cccc(C(F)(F)F)c3)c3nsc(N)n3)C2SC1. The quantitative estimate of drug-likeness (QED) is 0.129. The third kappa shape index (κ3) is 5.87. The average molecular weight is 643 g/mol. The number of hydrogen-bond donors (Lipinski definition) is 3. The maximum Gasteiger partial charge on any atom is 0.416 e. The van der Waals surface area contributed by atoms with Gasteiger partial charge in [0.1, 0.15) is 17.1 Å². The second-order valence-corrected chi connectivity index (χ2v) is 11.3. The number of carbonyl (C=O) groups excluding carboxylic acids is 2. The maximum absolute atomic E-state index is 13.2. The largest absolute Gasteiger partial charge is 0.477 e. The number of tetrazole rings is 1. The molecule has 1 saturated heterocycles. The molecule has 1 fully saturated rings. The molecule has 220 valence electrons. The lowest BCUT2D eigenvalue weighted by molar-refractivity contribution is -0.150. The molecule has 0 bridgehead atoms. The Labute approximate surface area is 245 Å². The fourth-order valence-corrected chi connectivity index (χ4v) is 6.61. The molecule has 4 N–H and O–H groups in total. The van der Waals surface area contributed by atoms with Crippen molar-refractivity contribution in [2.45, 2.75) is 22.7 Å². The second kappa shape index (κ2) is 11.6. The predicted molar refractivity (Wildman–Crippen MR) is 142 cm³/mol. The number of rotatable bonds is 9. The lowest BCUT2D eigenvalue weighted by Crippen LogP contribution is -2.71. The van der Waals surface area contributed by atoms with Gasteiger partial charge < -0.3 is 21.0 Å². The van der Waals surface area contributed by atoms with Crippen molar-refractivity contribution in [1.82, 2.24) is 39.8 Å². The Kier molecular flexibility index (Phi) is 8.06. The number of anilines is 1. The highest BCUT2D eigenvalue weighted by molar-refractivity contribution is 8.01. The minimum absolute atomic E-state index is 0.0305. The number of aromatic nitrogens is 6. The van der Waals surface area contributed by atoms with Crippen molar-refractivity contribution in [2.75, 3.05) is 17.2 Å². The van der Waals surface area contributed by atoms with Crippen LogP contribution in [0.3, 0.4) is 0 Å². The maximum atomic E-state index is 13.2. The van der Waals surface area contributed by atoms with Crippen molar-refractivity contribution in [1.29, 1.82) is 0 Å². The van der Waals surface area contributed by atoms with Crippen LogP contribution in [-0.2, 0) is 27.6 Å². The van der Waals surface area contributed by atoms with Crippen molar-refractivity contribution in [3.05, 3.63) is 46.9 Å². The molecule has 15 nitrogen and oxygen atoms in total. The lowest BCUT2D eigenvalue weighted by atomic mass is 10.0. The van der Waals surface area contributed by atoms with Gasteiger partial charge in [0.2, 0.25) is 16.7 Å². The highest BCUT2D eigenvalue weighted by Gasteiger charge is 2.54. The molecule has 2 atom stereocenters. The third-order valence-corrected chi connectivity index (χ3v) is 8.74. The van der Waals surface area contributed by atoms with E-state index in [9.17, 15) is 32.7 Å². The van der Waals surface area contributed by atoms with Gasteiger partial charge in [-0.3, -0.25) is 14.5 Å². The number of fused-ring (bicyclic) bond motifs is 1. The van der Waals surface area contributed by atoms with Gasteiger partial charge in [-0.2, -0.15) is 22.5 Å². The third-order valence-electron chi connectivity index (χ3n) is 5.77. The van der Waals surface area contributed by atoms with Crippen LogP contribution in [0.25, 0.3) is 0 Å². The molecule has 2 unspecified atom stereocenters. The van der Waals surface area contributed by atoms with Crippen molar-refractivity contribution >= 4 is 63.7 Å². The van der Waals surface area contributed by atoms with Gasteiger partial charge in [0.15, 0.2) is 10.9 Å². The van der Waals surface area contributed by atoms with Gasteiger partial charge in [-0.25, -0.2) is 9.48 Å². The molecule has 5 rings (SSSR count). The van der Waals surface area contributed by atoms with Gasteiger partial charge in [-0.15, -0.1) is 16.9 Å². The molecular weight excluding hydrogens is 625 g/mol. The van der Waals surface area contributed by atoms with Gasteiger partial charge >= 0.3 is 12.1 Å². The molecule has 2 aliphatic heterocycles. The summed E-state index contributed by atoms with van der Waals surface area (Å²) in [5.74, 6) is -3.16. The van der Waals surface area contributed by atoms with E-state index in [-0.39, 0.29) is 33.9 Å². The Balaban J connectivity index is 1.34. The zero-order valence-corrected chi connectivity index (χ0v) is 23.4. The fourth-order valence-electron chi connectivity index (χ4n) is 3.84. The number of nitrogen functional groups attached to an aromatic ring is 1. The van der Waals surface area contributed by atoms with E-state index in [1.165, 1.54) is 34.3 Å². The summed E-state index contributed by atoms with van der Waals surface area (Å²) in [7, 11) is 1.63. The van der Waals surface area contributed by atoms with E-state index < -0.39 is 46.7 Å². The van der Waals surface area contributed by atoms with E-state index in [1.807, 2.05) is 0 Å². The van der Waals surface area contributed by atoms with Crippen molar-refractivity contribution in [3.63, 3.8) is 0 Å². The molecule has 42 heavy (non-hydrogen) atoms. The van der Waals surface area contributed by atoms with E-state index in [0.717, 1.165) is 28.6 Å². The fraction of sp³-hybridized carbons (Fsp3) is 0.286. The van der Waals surface area contributed by atoms with Crippen LogP contribution in [0.1, 0.15) is 11.4 Å². The molecule has 2 amide bonds. The number of aliphatic carboxylic acids is 1. The Morgan fingerprint density at radius 2 is 2.14 bits per heavy atom. The van der Waals surface area contributed by atoms with Gasteiger partial charge in [0.25, 0.3) is 11.8 Å². The second-order valence-electron chi connectivity index (χ2n) is 8.50. The molecule has 0 spiro atoms. The van der Waals surface area contributed by atoms with Crippen LogP contribution in [0.2, 0.25) is 0 Å². The average Bonchev–Trinajstić information content (AvgIpc) is 3.57. The first kappa shape index (κ1) is 29.3. The molecule has 1 aromatic carbocycles. The Morgan fingerprint density at radius 3 is 2.79 bits per heavy atom. The number of thioether (sulfide) groups is 2. The number of nitrogens with zero attached hydrogens (tertiary/aromatic N) is 8. The predicted octanol–water partition coefficient (Wildman–Crippen LogP) is 0.977. The van der Waals surface area contributed by atoms with Crippen LogP contribution in [0.15, 0.2) is 45.8 Å². The van der Waals surface area contributed by atoms with E-state index in [0.29, 0.717) is 16.8 Å². The highest BCUT2D eigenvalue weighted by atomic mass is 32.2. The molecule has 21 heteroatoms. The first-order chi connectivity index (χ1) is 19.9. The number of nitrogens with one attached hydrogen (secondary N) is 1. The monoisotopic (exact) mass is 642 g/mol. The van der Waals surface area contributed by atoms with Crippen LogP contribution in [0.5, 0.6) is 5.75 Å². The van der Waals surface area contributed by atoms with Crippen molar-refractivity contribution in [3.8, 4) is 5.75 Å². The van der Waals surface area contributed by atoms with Crippen LogP contribution < -0.4 is 15.9 Å². The topological polar surface area (TPSA) is 204 Å². The summed E-state index contributed by atoms with van der Waals surface area (Å²) in [6.07, 6.45) is -4.64. The van der Waals surface area contributed by atoms with Crippen LogP contribution in [-0.4, -0.2) is 86.0 Å². The normalized spacial score (nSPS) is 18.9. The summed E-state index contributed by atoms with van der Waals surface area (Å²) >= 11 is 3.16. The smallest absolute Gasteiger partial charge is 0.416 e. The lowest BCUT2D eigenvalue weighted by Gasteiger charge is -2.49. The van der Waals surface area contributed by atoms with Gasteiger partial charge in [0.05, 0.1) is 5.56 Å². The minimum Gasteiger partial charge on any atom is -0.477 e. The molecule has 2 aliphatic rings. The number of hydrogen-bond acceptors (Lipinski definition) is 14. The van der Waals surface area contributed by atoms with E-state index >= 15 is 0 Å². The zero-order valence-electron chi connectivity index (χ0n) is 21.0. The summed E-state index contributed by atoms with van der Waals surface area (Å²) in [6, 6.07) is 2.66. The number of alkyl halides is 3. The number of carboxylic acid groups (broad SMARTS) is 1. The minimum atomic E-state index is -4.64. The number of benzene rings is 1. The zero-order chi connectivity index (χ0) is 30.2. The number of carboxylic acids is 1. The summed E-state index contributed by atoms with van der Waals surface area (Å²) in [4.78, 5) is 48.5. The first-order valence-corrected chi connectivity index (χ1v) is 14.3. The Hall–Kier alpha value is -4.24. The van der Waals surface area contributed by atoms with Gasteiger partial charge in [0, 0.05) is 30.1 Å². The number of aryl methyl sites for hydroxylation is 1.